The molecular weight excluding hydrogens is 611 g/mol. The lowest BCUT2D eigenvalue weighted by Crippen LogP contribution is -2.45. The minimum absolute atomic E-state index is 0.00165. The molecule has 0 aliphatic heterocycles. The summed E-state index contributed by atoms with van der Waals surface area (Å²) in [6, 6.07) is -0.877. The van der Waals surface area contributed by atoms with Crippen molar-refractivity contribution in [3.05, 3.63) is 12.2 Å². The second-order valence-electron chi connectivity index (χ2n) is 14.6. The average Bonchev–Trinajstić information content (AvgIpc) is 3.01. The molecule has 280 valence electrons. The van der Waals surface area contributed by atoms with Crippen LogP contribution in [0.3, 0.4) is 0 Å². The molecule has 0 saturated carbocycles. The number of hydrogen-bond donors (Lipinski definition) is 2. The molecule has 2 N–H and O–H groups in total. The van der Waals surface area contributed by atoms with Crippen molar-refractivity contribution in [2.45, 2.75) is 187 Å². The number of aliphatic hydroxyl groups is 1. The van der Waals surface area contributed by atoms with Crippen molar-refractivity contribution < 1.29 is 32.9 Å². The van der Waals surface area contributed by atoms with Gasteiger partial charge in [-0.25, -0.2) is 0 Å². The molecule has 0 fully saturated rings. The molecule has 47 heavy (non-hydrogen) atoms. The van der Waals surface area contributed by atoms with Gasteiger partial charge in [0, 0.05) is 6.42 Å². The summed E-state index contributed by atoms with van der Waals surface area (Å²) in [5.74, 6) is -0.199. The molecule has 0 aliphatic carbocycles. The van der Waals surface area contributed by atoms with E-state index in [4.69, 9.17) is 9.05 Å². The zero-order valence-electron chi connectivity index (χ0n) is 31.5. The third kappa shape index (κ3) is 33.5. The number of likely N-dealkylation sites (N-methyl/N-ethyl adjacent to an activating group) is 1. The zero-order valence-corrected chi connectivity index (χ0v) is 32.4. The highest BCUT2D eigenvalue weighted by Crippen LogP contribution is 2.38. The van der Waals surface area contributed by atoms with Crippen LogP contribution in [0.15, 0.2) is 12.2 Å². The number of carbonyl (C=O) groups excluding carboxylic acids is 1. The third-order valence-electron chi connectivity index (χ3n) is 8.75. The standard InChI is InChI=1S/C38H77N2O6P/c1-6-8-10-12-14-16-18-20-22-24-26-28-30-32-38(42)39-36(35-46-47(43,44)45-34-33-40(3,4)5)37(41)31-29-27-25-23-21-19-17-15-13-11-9-7-2/h29,31,36-37,41H,6-28,30,32-35H2,1-5H3,(H-,39,42,43,44)/b31-29+. The van der Waals surface area contributed by atoms with Crippen LogP contribution in [-0.2, 0) is 18.4 Å². The van der Waals surface area contributed by atoms with E-state index in [-0.39, 0.29) is 19.1 Å². The molecule has 3 atom stereocenters. The normalized spacial score (nSPS) is 14.8. The number of phosphoric ester groups is 1. The Bertz CT molecular complexity index is 789. The van der Waals surface area contributed by atoms with Gasteiger partial charge in [-0.1, -0.05) is 161 Å². The van der Waals surface area contributed by atoms with Crippen molar-refractivity contribution in [3.63, 3.8) is 0 Å². The van der Waals surface area contributed by atoms with Gasteiger partial charge in [0.2, 0.25) is 5.91 Å². The molecule has 3 unspecified atom stereocenters. The van der Waals surface area contributed by atoms with Gasteiger partial charge in [0.25, 0.3) is 7.82 Å². The molecule has 0 aromatic heterocycles. The number of allylic oxidation sites excluding steroid dienone is 1. The minimum atomic E-state index is -4.57. The number of nitrogens with one attached hydrogen (secondary N) is 1. The van der Waals surface area contributed by atoms with Gasteiger partial charge in [0.05, 0.1) is 39.9 Å². The van der Waals surface area contributed by atoms with Crippen LogP contribution in [-0.4, -0.2) is 68.5 Å². The second-order valence-corrected chi connectivity index (χ2v) is 16.1. The number of hydrogen-bond acceptors (Lipinski definition) is 6. The zero-order chi connectivity index (χ0) is 35.1. The average molecular weight is 689 g/mol. The summed E-state index contributed by atoms with van der Waals surface area (Å²) < 4.78 is 23.1. The topological polar surface area (TPSA) is 108 Å². The number of amides is 1. The Kier molecular flexibility index (Phi) is 30.7. The van der Waals surface area contributed by atoms with Crippen molar-refractivity contribution in [2.24, 2.45) is 0 Å². The molecule has 0 aliphatic rings. The van der Waals surface area contributed by atoms with Crippen molar-refractivity contribution in [1.29, 1.82) is 0 Å². The summed E-state index contributed by atoms with van der Waals surface area (Å²) in [5, 5.41) is 13.7. The van der Waals surface area contributed by atoms with Gasteiger partial charge in [0.1, 0.15) is 13.2 Å². The molecule has 0 aromatic rings. The number of unbranched alkanes of at least 4 members (excludes halogenated alkanes) is 22. The van der Waals surface area contributed by atoms with Crippen molar-refractivity contribution in [1.82, 2.24) is 5.32 Å². The molecule has 0 bridgehead atoms. The summed E-state index contributed by atoms with van der Waals surface area (Å²) in [4.78, 5) is 25.1. The summed E-state index contributed by atoms with van der Waals surface area (Å²) in [6.07, 6.45) is 32.4. The molecule has 9 heteroatoms. The van der Waals surface area contributed by atoms with Crippen LogP contribution in [0.25, 0.3) is 0 Å². The van der Waals surface area contributed by atoms with Crippen LogP contribution >= 0.6 is 7.82 Å². The summed E-state index contributed by atoms with van der Waals surface area (Å²) in [7, 11) is 1.26. The van der Waals surface area contributed by atoms with Gasteiger partial charge in [-0.15, -0.1) is 0 Å². The number of nitrogens with zero attached hydrogens (tertiary/aromatic N) is 1. The van der Waals surface area contributed by atoms with E-state index >= 15 is 0 Å². The summed E-state index contributed by atoms with van der Waals surface area (Å²) in [5.41, 5.74) is 0. The molecule has 8 nitrogen and oxygen atoms in total. The Labute approximate surface area is 291 Å². The van der Waals surface area contributed by atoms with Crippen molar-refractivity contribution in [2.75, 3.05) is 40.9 Å². The molecular formula is C38H77N2O6P. The second kappa shape index (κ2) is 31.2. The first kappa shape index (κ1) is 46.2. The molecule has 0 heterocycles. The quantitative estimate of drug-likeness (QED) is 0.0297. The van der Waals surface area contributed by atoms with E-state index in [9.17, 15) is 19.4 Å². The van der Waals surface area contributed by atoms with Crippen LogP contribution < -0.4 is 10.2 Å². The maximum Gasteiger partial charge on any atom is 0.268 e. The van der Waals surface area contributed by atoms with Crippen LogP contribution in [0.5, 0.6) is 0 Å². The lowest BCUT2D eigenvalue weighted by atomic mass is 10.0. The van der Waals surface area contributed by atoms with Gasteiger partial charge >= 0.3 is 0 Å². The van der Waals surface area contributed by atoms with Crippen molar-refractivity contribution >= 4 is 13.7 Å². The van der Waals surface area contributed by atoms with Crippen LogP contribution in [0, 0.1) is 0 Å². The fourth-order valence-corrected chi connectivity index (χ4v) is 6.29. The maximum atomic E-state index is 12.8. The van der Waals surface area contributed by atoms with Gasteiger partial charge in [-0.05, 0) is 19.3 Å². The fourth-order valence-electron chi connectivity index (χ4n) is 5.56. The Morgan fingerprint density at radius 3 is 1.60 bits per heavy atom. The molecule has 1 amide bonds. The number of aliphatic hydroxyl groups excluding tert-OH is 1. The highest BCUT2D eigenvalue weighted by molar-refractivity contribution is 7.45. The Morgan fingerprint density at radius 1 is 0.723 bits per heavy atom. The van der Waals surface area contributed by atoms with E-state index in [1.165, 1.54) is 116 Å². The molecule has 0 saturated heterocycles. The van der Waals surface area contributed by atoms with E-state index < -0.39 is 20.0 Å². The third-order valence-corrected chi connectivity index (χ3v) is 9.71. The SMILES string of the molecule is CCCCCCCCCCCC/C=C/C(O)C(COP(=O)([O-])OCC[N+](C)(C)C)NC(=O)CCCCCCCCCCCCCCC. The van der Waals surface area contributed by atoms with Crippen LogP contribution in [0.1, 0.15) is 174 Å². The van der Waals surface area contributed by atoms with E-state index in [1.807, 2.05) is 27.2 Å². The van der Waals surface area contributed by atoms with E-state index in [2.05, 4.69) is 19.2 Å². The molecule has 0 rings (SSSR count). The number of carbonyl (C=O) groups is 1. The van der Waals surface area contributed by atoms with Gasteiger partial charge in [-0.3, -0.25) is 9.36 Å². The molecule has 0 radical (unpaired) electrons. The minimum Gasteiger partial charge on any atom is -0.756 e. The van der Waals surface area contributed by atoms with Gasteiger partial charge < -0.3 is 28.8 Å². The van der Waals surface area contributed by atoms with Crippen molar-refractivity contribution in [3.8, 4) is 0 Å². The monoisotopic (exact) mass is 689 g/mol. The highest BCUT2D eigenvalue weighted by Gasteiger charge is 2.23. The lowest BCUT2D eigenvalue weighted by molar-refractivity contribution is -0.870. The smallest absolute Gasteiger partial charge is 0.268 e. The summed E-state index contributed by atoms with van der Waals surface area (Å²) >= 11 is 0. The molecule has 0 spiro atoms. The van der Waals surface area contributed by atoms with Gasteiger partial charge in [0.15, 0.2) is 0 Å². The Balaban J connectivity index is 4.51. The van der Waals surface area contributed by atoms with E-state index in [1.54, 1.807) is 6.08 Å². The Hall–Kier alpha value is -0.760. The van der Waals surface area contributed by atoms with E-state index in [0.29, 0.717) is 17.4 Å². The first-order valence-corrected chi connectivity index (χ1v) is 21.0. The van der Waals surface area contributed by atoms with Gasteiger partial charge in [-0.2, -0.15) is 0 Å². The van der Waals surface area contributed by atoms with Crippen LogP contribution in [0.2, 0.25) is 0 Å². The van der Waals surface area contributed by atoms with Crippen LogP contribution in [0.4, 0.5) is 0 Å². The largest absolute Gasteiger partial charge is 0.756 e. The van der Waals surface area contributed by atoms with E-state index in [0.717, 1.165) is 38.5 Å². The number of quaternary nitrogens is 1. The lowest BCUT2D eigenvalue weighted by Gasteiger charge is -2.29. The predicted molar refractivity (Wildman–Crippen MR) is 196 cm³/mol. The number of rotatable bonds is 35. The first-order chi connectivity index (χ1) is 22.5. The Morgan fingerprint density at radius 2 is 1.15 bits per heavy atom. The number of phosphoric acid groups is 1. The fraction of sp³-hybridized carbons (Fsp3) is 0.921. The summed E-state index contributed by atoms with van der Waals surface area (Å²) in [6.45, 7) is 4.62. The molecule has 0 aromatic carbocycles. The highest BCUT2D eigenvalue weighted by atomic mass is 31.2. The predicted octanol–water partition coefficient (Wildman–Crippen LogP) is 9.39. The first-order valence-electron chi connectivity index (χ1n) is 19.6. The maximum absolute atomic E-state index is 12.8.